The van der Waals surface area contributed by atoms with Crippen LogP contribution in [0, 0.1) is 5.82 Å². The Morgan fingerprint density at radius 1 is 1.28 bits per heavy atom. The van der Waals surface area contributed by atoms with Crippen LogP contribution in [-0.2, 0) is 17.7 Å². The molecule has 0 saturated carbocycles. The summed E-state index contributed by atoms with van der Waals surface area (Å²) in [7, 11) is 0. The van der Waals surface area contributed by atoms with Crippen LogP contribution >= 0.6 is 0 Å². The number of hydrogen-bond acceptors (Lipinski definition) is 5. The van der Waals surface area contributed by atoms with E-state index in [-0.39, 0.29) is 17.9 Å². The number of nitrogens with one attached hydrogen (secondary N) is 2. The monoisotopic (exact) mass is 399 g/mol. The molecule has 1 aromatic carbocycles. The molecule has 29 heavy (non-hydrogen) atoms. The molecule has 3 heterocycles. The van der Waals surface area contributed by atoms with Crippen LogP contribution in [0.4, 0.5) is 15.1 Å². The normalized spacial score (nSPS) is 18.1. The molecule has 4 rings (SSSR count). The smallest absolute Gasteiger partial charge is 0.318 e. The summed E-state index contributed by atoms with van der Waals surface area (Å²) in [6.45, 7) is 4.46. The first kappa shape index (κ1) is 19.6. The van der Waals surface area contributed by atoms with Gasteiger partial charge in [0, 0.05) is 32.0 Å². The summed E-state index contributed by atoms with van der Waals surface area (Å²) in [6, 6.07) is 6.14. The lowest BCUT2D eigenvalue weighted by atomic mass is 10.1. The number of urea groups is 1. The first-order chi connectivity index (χ1) is 14.1. The lowest BCUT2D eigenvalue weighted by Crippen LogP contribution is -2.44. The molecule has 1 fully saturated rings. The van der Waals surface area contributed by atoms with Gasteiger partial charge < -0.3 is 20.3 Å². The second-order valence-corrected chi connectivity index (χ2v) is 7.59. The zero-order chi connectivity index (χ0) is 20.2. The Hall–Kier alpha value is -2.74. The molecular weight excluding hydrogens is 373 g/mol. The lowest BCUT2D eigenvalue weighted by Gasteiger charge is -2.30. The van der Waals surface area contributed by atoms with Crippen molar-refractivity contribution in [2.24, 2.45) is 0 Å². The topological polar surface area (TPSA) is 79.4 Å². The fourth-order valence-electron chi connectivity index (χ4n) is 3.68. The Bertz CT molecular complexity index is 855. The molecule has 154 valence electrons. The predicted octanol–water partition coefficient (Wildman–Crippen LogP) is 3.04. The van der Waals surface area contributed by atoms with Crippen molar-refractivity contribution in [2.45, 2.75) is 44.8 Å². The van der Waals surface area contributed by atoms with Gasteiger partial charge in [0.25, 0.3) is 0 Å². The molecule has 2 N–H and O–H groups in total. The summed E-state index contributed by atoms with van der Waals surface area (Å²) in [5.41, 5.74) is 2.82. The maximum atomic E-state index is 13.1. The molecular formula is C21H26FN5O2. The molecule has 0 aliphatic carbocycles. The van der Waals surface area contributed by atoms with Crippen LogP contribution in [0.25, 0.3) is 0 Å². The Labute approximate surface area is 169 Å². The van der Waals surface area contributed by atoms with Gasteiger partial charge in [0.15, 0.2) is 0 Å². The number of rotatable bonds is 4. The van der Waals surface area contributed by atoms with Crippen LogP contribution in [0.3, 0.4) is 0 Å². The highest BCUT2D eigenvalue weighted by Gasteiger charge is 2.24. The summed E-state index contributed by atoms with van der Waals surface area (Å²) in [6.07, 6.45) is 4.47. The van der Waals surface area contributed by atoms with Gasteiger partial charge in [0.05, 0.1) is 18.3 Å². The molecule has 0 bridgehead atoms. The number of ether oxygens (including phenoxy) is 1. The Balaban J connectivity index is 1.38. The second-order valence-electron chi connectivity index (χ2n) is 7.59. The van der Waals surface area contributed by atoms with Crippen molar-refractivity contribution in [3.8, 4) is 0 Å². The molecule has 7 nitrogen and oxygen atoms in total. The number of hydrogen-bond donors (Lipinski definition) is 2. The highest BCUT2D eigenvalue weighted by atomic mass is 19.1. The van der Waals surface area contributed by atoms with Gasteiger partial charge in [-0.1, -0.05) is 12.1 Å². The standard InChI is InChI=1S/C21H26FN5O2/c1-14(15-2-4-17(22)5-3-15)24-21(28)27-9-6-16-12-23-20(26-19(16)13-27)25-18-7-10-29-11-8-18/h2-5,12,14,18H,6-11,13H2,1H3,(H,24,28)(H,23,25,26)/t14-/m0/s1. The third-order valence-corrected chi connectivity index (χ3v) is 5.50. The van der Waals surface area contributed by atoms with E-state index in [1.165, 1.54) is 12.1 Å². The van der Waals surface area contributed by atoms with Crippen LogP contribution in [0.2, 0.25) is 0 Å². The number of carbonyl (C=O) groups is 1. The maximum absolute atomic E-state index is 13.1. The third-order valence-electron chi connectivity index (χ3n) is 5.50. The number of fused-ring (bicyclic) bond motifs is 1. The van der Waals surface area contributed by atoms with E-state index in [1.54, 1.807) is 17.0 Å². The minimum absolute atomic E-state index is 0.148. The minimum atomic E-state index is -0.287. The number of amides is 2. The molecule has 2 aliphatic rings. The molecule has 2 aliphatic heterocycles. The molecule has 8 heteroatoms. The zero-order valence-electron chi connectivity index (χ0n) is 16.5. The van der Waals surface area contributed by atoms with Gasteiger partial charge in [-0.25, -0.2) is 19.2 Å². The van der Waals surface area contributed by atoms with E-state index in [0.717, 1.165) is 49.3 Å². The van der Waals surface area contributed by atoms with E-state index in [0.29, 0.717) is 25.1 Å². The highest BCUT2D eigenvalue weighted by Crippen LogP contribution is 2.20. The van der Waals surface area contributed by atoms with Gasteiger partial charge >= 0.3 is 6.03 Å². The van der Waals surface area contributed by atoms with E-state index in [4.69, 9.17) is 4.74 Å². The van der Waals surface area contributed by atoms with Crippen LogP contribution in [0.15, 0.2) is 30.5 Å². The molecule has 0 spiro atoms. The Morgan fingerprint density at radius 2 is 2.03 bits per heavy atom. The molecule has 1 atom stereocenters. The highest BCUT2D eigenvalue weighted by molar-refractivity contribution is 5.75. The van der Waals surface area contributed by atoms with Crippen LogP contribution in [-0.4, -0.2) is 46.7 Å². The third kappa shape index (κ3) is 4.82. The summed E-state index contributed by atoms with van der Waals surface area (Å²) in [4.78, 5) is 23.6. The molecule has 0 radical (unpaired) electrons. The van der Waals surface area contributed by atoms with Gasteiger partial charge in [0.2, 0.25) is 5.95 Å². The Kier molecular flexibility index (Phi) is 5.89. The zero-order valence-corrected chi connectivity index (χ0v) is 16.5. The molecule has 2 aromatic rings. The average molecular weight is 399 g/mol. The molecule has 0 unspecified atom stereocenters. The van der Waals surface area contributed by atoms with Crippen molar-refractivity contribution >= 4 is 12.0 Å². The molecule has 2 amide bonds. The number of halogens is 1. The van der Waals surface area contributed by atoms with Gasteiger partial charge in [-0.2, -0.15) is 0 Å². The van der Waals surface area contributed by atoms with E-state index in [2.05, 4.69) is 20.6 Å². The maximum Gasteiger partial charge on any atom is 0.318 e. The van der Waals surface area contributed by atoms with Crippen molar-refractivity contribution in [1.82, 2.24) is 20.2 Å². The van der Waals surface area contributed by atoms with Crippen LogP contribution in [0.5, 0.6) is 0 Å². The van der Waals surface area contributed by atoms with E-state index in [9.17, 15) is 9.18 Å². The number of carbonyl (C=O) groups excluding carboxylic acids is 1. The minimum Gasteiger partial charge on any atom is -0.381 e. The van der Waals surface area contributed by atoms with E-state index in [1.807, 2.05) is 13.1 Å². The quantitative estimate of drug-likeness (QED) is 0.826. The molecule has 1 aromatic heterocycles. The molecule has 1 saturated heterocycles. The van der Waals surface area contributed by atoms with Gasteiger partial charge in [0.1, 0.15) is 5.82 Å². The van der Waals surface area contributed by atoms with E-state index >= 15 is 0 Å². The number of anilines is 1. The first-order valence-corrected chi connectivity index (χ1v) is 10.1. The van der Waals surface area contributed by atoms with Crippen molar-refractivity contribution in [1.29, 1.82) is 0 Å². The lowest BCUT2D eigenvalue weighted by molar-refractivity contribution is 0.0903. The fraction of sp³-hybridized carbons (Fsp3) is 0.476. The number of benzene rings is 1. The predicted molar refractivity (Wildman–Crippen MR) is 107 cm³/mol. The van der Waals surface area contributed by atoms with E-state index < -0.39 is 0 Å². The van der Waals surface area contributed by atoms with Crippen LogP contribution < -0.4 is 10.6 Å². The van der Waals surface area contributed by atoms with Crippen molar-refractivity contribution in [3.63, 3.8) is 0 Å². The fourth-order valence-corrected chi connectivity index (χ4v) is 3.68. The SMILES string of the molecule is C[C@H](NC(=O)N1CCc2cnc(NC3CCOCC3)nc2C1)c1ccc(F)cc1. The van der Waals surface area contributed by atoms with Gasteiger partial charge in [-0.05, 0) is 49.4 Å². The Morgan fingerprint density at radius 3 is 2.79 bits per heavy atom. The van der Waals surface area contributed by atoms with Gasteiger partial charge in [-0.3, -0.25) is 0 Å². The average Bonchev–Trinajstić information content (AvgIpc) is 2.74. The van der Waals surface area contributed by atoms with Crippen molar-refractivity contribution < 1.29 is 13.9 Å². The number of nitrogens with zero attached hydrogens (tertiary/aromatic N) is 3. The van der Waals surface area contributed by atoms with Crippen molar-refractivity contribution in [3.05, 3.63) is 53.1 Å². The van der Waals surface area contributed by atoms with Crippen molar-refractivity contribution in [2.75, 3.05) is 25.1 Å². The summed E-state index contributed by atoms with van der Waals surface area (Å²) < 4.78 is 18.5. The summed E-state index contributed by atoms with van der Waals surface area (Å²) in [5.74, 6) is 0.322. The summed E-state index contributed by atoms with van der Waals surface area (Å²) >= 11 is 0. The second kappa shape index (κ2) is 8.73. The number of aromatic nitrogens is 2. The largest absolute Gasteiger partial charge is 0.381 e. The summed E-state index contributed by atoms with van der Waals surface area (Å²) in [5, 5.41) is 6.37. The van der Waals surface area contributed by atoms with Gasteiger partial charge in [-0.15, -0.1) is 0 Å². The first-order valence-electron chi connectivity index (χ1n) is 10.1. The van der Waals surface area contributed by atoms with Crippen LogP contribution in [0.1, 0.15) is 42.6 Å².